The lowest BCUT2D eigenvalue weighted by atomic mass is 9.90. The molecule has 1 aromatic rings. The van der Waals surface area contributed by atoms with E-state index in [1.807, 2.05) is 6.92 Å². The third-order valence-corrected chi connectivity index (χ3v) is 3.20. The predicted octanol–water partition coefficient (Wildman–Crippen LogP) is 1.25. The van der Waals surface area contributed by atoms with Crippen LogP contribution in [0.3, 0.4) is 0 Å². The van der Waals surface area contributed by atoms with Gasteiger partial charge in [0.05, 0.1) is 30.9 Å². The fraction of sp³-hybridized carbons (Fsp3) is 0.385. The molecule has 0 aliphatic carbocycles. The third kappa shape index (κ3) is 1.63. The lowest BCUT2D eigenvalue weighted by Gasteiger charge is -2.37. The van der Waals surface area contributed by atoms with Crippen molar-refractivity contribution in [2.75, 3.05) is 19.8 Å². The largest absolute Gasteiger partial charge is 0.380 e. The molecule has 1 saturated heterocycles. The van der Waals surface area contributed by atoms with Crippen LogP contribution in [0.1, 0.15) is 27.6 Å². The Balaban J connectivity index is 1.75. The van der Waals surface area contributed by atoms with E-state index in [2.05, 4.69) is 0 Å². The molecule has 0 saturated carbocycles. The summed E-state index contributed by atoms with van der Waals surface area (Å²) >= 11 is 0. The molecule has 0 spiro atoms. The van der Waals surface area contributed by atoms with Gasteiger partial charge in [-0.1, -0.05) is 19.1 Å². The first-order valence-electron chi connectivity index (χ1n) is 5.79. The number of amides is 2. The van der Waals surface area contributed by atoms with Crippen LogP contribution in [-0.2, 0) is 9.57 Å². The van der Waals surface area contributed by atoms with Crippen LogP contribution in [0.25, 0.3) is 0 Å². The minimum absolute atomic E-state index is 0.102. The summed E-state index contributed by atoms with van der Waals surface area (Å²) in [5.41, 5.74) is 0.699. The van der Waals surface area contributed by atoms with Gasteiger partial charge in [0.1, 0.15) is 0 Å². The molecule has 0 bridgehead atoms. The van der Waals surface area contributed by atoms with Gasteiger partial charge in [0.15, 0.2) is 0 Å². The van der Waals surface area contributed by atoms with E-state index in [1.165, 1.54) is 0 Å². The number of hydrogen-bond acceptors (Lipinski definition) is 4. The monoisotopic (exact) mass is 247 g/mol. The standard InChI is InChI=1S/C13H13NO4/c1-13(6-17-7-13)8-18-14-11(15)9-4-2-3-5-10(9)12(14)16/h2-5H,6-8H2,1H3. The van der Waals surface area contributed by atoms with Gasteiger partial charge < -0.3 is 4.74 Å². The van der Waals surface area contributed by atoms with Gasteiger partial charge in [0.25, 0.3) is 11.8 Å². The van der Waals surface area contributed by atoms with E-state index in [4.69, 9.17) is 9.57 Å². The quantitative estimate of drug-likeness (QED) is 0.754. The molecule has 0 N–H and O–H groups in total. The highest BCUT2D eigenvalue weighted by molar-refractivity contribution is 6.20. The van der Waals surface area contributed by atoms with Crippen LogP contribution in [0.2, 0.25) is 0 Å². The van der Waals surface area contributed by atoms with Crippen molar-refractivity contribution >= 4 is 11.8 Å². The van der Waals surface area contributed by atoms with Gasteiger partial charge in [-0.05, 0) is 12.1 Å². The summed E-state index contributed by atoms with van der Waals surface area (Å²) in [6.45, 7) is 3.49. The lowest BCUT2D eigenvalue weighted by molar-refractivity contribution is -0.186. The molecular formula is C13H13NO4. The fourth-order valence-corrected chi connectivity index (χ4v) is 2.04. The van der Waals surface area contributed by atoms with E-state index in [0.717, 1.165) is 5.06 Å². The number of carbonyl (C=O) groups is 2. The number of nitrogens with zero attached hydrogens (tertiary/aromatic N) is 1. The van der Waals surface area contributed by atoms with Gasteiger partial charge >= 0.3 is 0 Å². The zero-order chi connectivity index (χ0) is 12.8. The van der Waals surface area contributed by atoms with Gasteiger partial charge in [-0.2, -0.15) is 0 Å². The highest BCUT2D eigenvalue weighted by Crippen LogP contribution is 2.29. The second-order valence-electron chi connectivity index (χ2n) is 5.03. The van der Waals surface area contributed by atoms with Crippen molar-refractivity contribution in [2.24, 2.45) is 5.41 Å². The van der Waals surface area contributed by atoms with Crippen molar-refractivity contribution < 1.29 is 19.2 Å². The Morgan fingerprint density at radius 1 is 1.22 bits per heavy atom. The highest BCUT2D eigenvalue weighted by atomic mass is 16.7. The topological polar surface area (TPSA) is 55.8 Å². The first kappa shape index (κ1) is 11.4. The molecule has 2 aliphatic rings. The summed E-state index contributed by atoms with van der Waals surface area (Å²) in [5, 5.41) is 0.855. The molecular weight excluding hydrogens is 234 g/mol. The fourth-order valence-electron chi connectivity index (χ4n) is 2.04. The van der Waals surface area contributed by atoms with E-state index in [9.17, 15) is 9.59 Å². The molecule has 0 radical (unpaired) electrons. The maximum Gasteiger partial charge on any atom is 0.285 e. The van der Waals surface area contributed by atoms with Gasteiger partial charge in [-0.15, -0.1) is 5.06 Å². The average Bonchev–Trinajstić information content (AvgIpc) is 2.59. The Labute approximate surface area is 104 Å². The van der Waals surface area contributed by atoms with Crippen LogP contribution in [0.4, 0.5) is 0 Å². The van der Waals surface area contributed by atoms with Crippen molar-refractivity contribution in [3.05, 3.63) is 35.4 Å². The van der Waals surface area contributed by atoms with E-state index in [-0.39, 0.29) is 17.2 Å². The Kier molecular flexibility index (Phi) is 2.46. The number of ether oxygens (including phenoxy) is 1. The van der Waals surface area contributed by atoms with Crippen molar-refractivity contribution in [1.29, 1.82) is 0 Å². The smallest absolute Gasteiger partial charge is 0.285 e. The van der Waals surface area contributed by atoms with Crippen molar-refractivity contribution in [3.8, 4) is 0 Å². The number of hydroxylamine groups is 2. The maximum atomic E-state index is 12.0. The predicted molar refractivity (Wildman–Crippen MR) is 61.8 cm³/mol. The molecule has 2 amide bonds. The summed E-state index contributed by atoms with van der Waals surface area (Å²) in [6, 6.07) is 6.73. The Hall–Kier alpha value is -1.72. The number of benzene rings is 1. The third-order valence-electron chi connectivity index (χ3n) is 3.20. The molecule has 1 fully saturated rings. The van der Waals surface area contributed by atoms with Crippen LogP contribution in [0, 0.1) is 5.41 Å². The van der Waals surface area contributed by atoms with Crippen molar-refractivity contribution in [3.63, 3.8) is 0 Å². The second kappa shape index (κ2) is 3.90. The van der Waals surface area contributed by atoms with E-state index in [0.29, 0.717) is 30.9 Å². The molecule has 18 heavy (non-hydrogen) atoms. The van der Waals surface area contributed by atoms with E-state index < -0.39 is 0 Å². The summed E-state index contributed by atoms with van der Waals surface area (Å²) in [6.07, 6.45) is 0. The van der Waals surface area contributed by atoms with Crippen LogP contribution in [0.15, 0.2) is 24.3 Å². The molecule has 1 aromatic carbocycles. The number of hydrogen-bond donors (Lipinski definition) is 0. The van der Waals surface area contributed by atoms with Gasteiger partial charge in [-0.3, -0.25) is 14.4 Å². The molecule has 0 atom stereocenters. The summed E-state index contributed by atoms with van der Waals surface area (Å²) in [7, 11) is 0. The molecule has 0 unspecified atom stereocenters. The van der Waals surface area contributed by atoms with Gasteiger partial charge in [0, 0.05) is 5.41 Å². The number of rotatable bonds is 3. The number of fused-ring (bicyclic) bond motifs is 1. The molecule has 2 aliphatic heterocycles. The minimum atomic E-state index is -0.389. The summed E-state index contributed by atoms with van der Waals surface area (Å²) in [5.74, 6) is -0.779. The minimum Gasteiger partial charge on any atom is -0.380 e. The normalized spacial score (nSPS) is 20.8. The van der Waals surface area contributed by atoms with Crippen LogP contribution in [0.5, 0.6) is 0 Å². The van der Waals surface area contributed by atoms with Crippen LogP contribution in [-0.4, -0.2) is 36.7 Å². The van der Waals surface area contributed by atoms with Gasteiger partial charge in [0.2, 0.25) is 0 Å². The van der Waals surface area contributed by atoms with Gasteiger partial charge in [-0.25, -0.2) is 0 Å². The first-order valence-corrected chi connectivity index (χ1v) is 5.79. The zero-order valence-electron chi connectivity index (χ0n) is 10.0. The lowest BCUT2D eigenvalue weighted by Crippen LogP contribution is -2.46. The molecule has 5 nitrogen and oxygen atoms in total. The average molecular weight is 247 g/mol. The number of imide groups is 1. The van der Waals surface area contributed by atoms with Crippen LogP contribution >= 0.6 is 0 Å². The Bertz CT molecular complexity index is 486. The summed E-state index contributed by atoms with van der Waals surface area (Å²) < 4.78 is 5.10. The van der Waals surface area contributed by atoms with Crippen LogP contribution < -0.4 is 0 Å². The second-order valence-corrected chi connectivity index (χ2v) is 5.03. The zero-order valence-corrected chi connectivity index (χ0v) is 10.0. The SMILES string of the molecule is CC1(CON2C(=O)c3ccccc3C2=O)COC1. The molecule has 2 heterocycles. The number of carbonyl (C=O) groups excluding carboxylic acids is 2. The highest BCUT2D eigenvalue weighted by Gasteiger charge is 2.40. The Morgan fingerprint density at radius 2 is 1.78 bits per heavy atom. The van der Waals surface area contributed by atoms with Crippen molar-refractivity contribution in [1.82, 2.24) is 5.06 Å². The molecule has 0 aromatic heterocycles. The molecule has 3 rings (SSSR count). The molecule has 5 heteroatoms. The van der Waals surface area contributed by atoms with Crippen molar-refractivity contribution in [2.45, 2.75) is 6.92 Å². The summed E-state index contributed by atoms with van der Waals surface area (Å²) in [4.78, 5) is 29.3. The van der Waals surface area contributed by atoms with E-state index >= 15 is 0 Å². The molecule has 94 valence electrons. The first-order chi connectivity index (χ1) is 8.61. The maximum absolute atomic E-state index is 12.0. The Morgan fingerprint density at radius 3 is 2.22 bits per heavy atom. The van der Waals surface area contributed by atoms with E-state index in [1.54, 1.807) is 24.3 Å².